The molecule has 204 valence electrons. The van der Waals surface area contributed by atoms with Crippen LogP contribution in [-0.4, -0.2) is 4.57 Å². The zero-order chi connectivity index (χ0) is 28.6. The molecule has 0 saturated heterocycles. The average molecular weight is 550 g/mol. The van der Waals surface area contributed by atoms with Crippen LogP contribution in [0.2, 0.25) is 0 Å². The number of fused-ring (bicyclic) bond motifs is 3. The van der Waals surface area contributed by atoms with Gasteiger partial charge in [0.1, 0.15) is 0 Å². The molecule has 1 aliphatic carbocycles. The van der Waals surface area contributed by atoms with Crippen LogP contribution in [0.1, 0.15) is 17.7 Å². The zero-order valence-electron chi connectivity index (χ0n) is 23.9. The average Bonchev–Trinajstić information content (AvgIpc) is 3.43. The highest BCUT2D eigenvalue weighted by Gasteiger charge is 2.18. The zero-order valence-corrected chi connectivity index (χ0v) is 23.9. The fourth-order valence-electron chi connectivity index (χ4n) is 6.54. The van der Waals surface area contributed by atoms with Crippen LogP contribution < -0.4 is 0 Å². The Morgan fingerprint density at radius 2 is 0.930 bits per heavy atom. The van der Waals surface area contributed by atoms with Crippen molar-refractivity contribution in [2.24, 2.45) is 0 Å². The van der Waals surface area contributed by atoms with Gasteiger partial charge < -0.3 is 4.57 Å². The van der Waals surface area contributed by atoms with Crippen LogP contribution in [0.4, 0.5) is 0 Å². The van der Waals surface area contributed by atoms with Crippen molar-refractivity contribution < 1.29 is 0 Å². The molecule has 43 heavy (non-hydrogen) atoms. The molecule has 0 atom stereocenters. The van der Waals surface area contributed by atoms with Crippen molar-refractivity contribution >= 4 is 17.0 Å². The maximum atomic E-state index is 2.42. The van der Waals surface area contributed by atoms with E-state index in [1.165, 1.54) is 72.4 Å². The van der Waals surface area contributed by atoms with Gasteiger partial charge >= 0.3 is 0 Å². The number of para-hydroxylation sites is 1. The molecule has 6 aromatic carbocycles. The monoisotopic (exact) mass is 549 g/mol. The largest absolute Gasteiger partial charge is 0.310 e. The van der Waals surface area contributed by atoms with Gasteiger partial charge in [-0.3, -0.25) is 0 Å². The van der Waals surface area contributed by atoms with Crippen LogP contribution in [-0.2, 0) is 6.42 Å². The minimum atomic E-state index is 1.10. The number of rotatable bonds is 5. The van der Waals surface area contributed by atoms with Crippen molar-refractivity contribution in [3.05, 3.63) is 169 Å². The Hall–Kier alpha value is -5.40. The second-order valence-corrected chi connectivity index (χ2v) is 11.3. The molecule has 0 amide bonds. The first-order chi connectivity index (χ1) is 21.3. The van der Waals surface area contributed by atoms with Gasteiger partial charge in [0.2, 0.25) is 0 Å². The standard InChI is InChI=1S/C42H31N/c1-3-12-30(13-4-1)33-16-11-17-34(26-33)37-28-35(31-14-5-2-6-15-31)27-36(29-37)32-22-24-38(25-23-32)43-41-20-9-7-18-39(41)40-19-8-10-21-42(40)43/h1-7,9-18,20-29H,8,19H2. The van der Waals surface area contributed by atoms with Gasteiger partial charge in [0.15, 0.2) is 0 Å². The summed E-state index contributed by atoms with van der Waals surface area (Å²) in [5.74, 6) is 0. The highest BCUT2D eigenvalue weighted by atomic mass is 15.0. The van der Waals surface area contributed by atoms with E-state index in [2.05, 4.69) is 168 Å². The van der Waals surface area contributed by atoms with Gasteiger partial charge in [-0.15, -0.1) is 0 Å². The molecule has 0 bridgehead atoms. The van der Waals surface area contributed by atoms with E-state index in [0.29, 0.717) is 0 Å². The molecular formula is C42H31N. The summed E-state index contributed by atoms with van der Waals surface area (Å²) in [6.45, 7) is 0. The van der Waals surface area contributed by atoms with Gasteiger partial charge in [0.05, 0.1) is 5.52 Å². The lowest BCUT2D eigenvalue weighted by molar-refractivity contribution is 0.967. The fraction of sp³-hybridized carbons (Fsp3) is 0.0476. The third-order valence-corrected chi connectivity index (χ3v) is 8.66. The molecule has 1 aromatic heterocycles. The predicted octanol–water partition coefficient (Wildman–Crippen LogP) is 11.3. The molecule has 8 rings (SSSR count). The molecule has 0 spiro atoms. The first kappa shape index (κ1) is 25.3. The third-order valence-electron chi connectivity index (χ3n) is 8.66. The van der Waals surface area contributed by atoms with Gasteiger partial charge in [0.25, 0.3) is 0 Å². The lowest BCUT2D eigenvalue weighted by Crippen LogP contribution is -2.00. The van der Waals surface area contributed by atoms with Gasteiger partial charge in [-0.1, -0.05) is 115 Å². The Morgan fingerprint density at radius 3 is 1.63 bits per heavy atom. The molecule has 0 N–H and O–H groups in total. The molecule has 0 fully saturated rings. The minimum Gasteiger partial charge on any atom is -0.310 e. The predicted molar refractivity (Wildman–Crippen MR) is 182 cm³/mol. The van der Waals surface area contributed by atoms with E-state index in [4.69, 9.17) is 0 Å². The van der Waals surface area contributed by atoms with E-state index in [1.54, 1.807) is 0 Å². The van der Waals surface area contributed by atoms with E-state index in [1.807, 2.05) is 0 Å². The fourth-order valence-corrected chi connectivity index (χ4v) is 6.54. The Balaban J connectivity index is 1.24. The van der Waals surface area contributed by atoms with Gasteiger partial charge in [-0.2, -0.15) is 0 Å². The van der Waals surface area contributed by atoms with Crippen LogP contribution in [0.5, 0.6) is 0 Å². The highest BCUT2D eigenvalue weighted by Crippen LogP contribution is 2.37. The number of nitrogens with zero attached hydrogens (tertiary/aromatic N) is 1. The van der Waals surface area contributed by atoms with Crippen molar-refractivity contribution in [1.29, 1.82) is 0 Å². The first-order valence-electron chi connectivity index (χ1n) is 15.1. The summed E-state index contributed by atoms with van der Waals surface area (Å²) >= 11 is 0. The molecule has 1 aliphatic rings. The third kappa shape index (κ3) is 4.70. The molecule has 0 unspecified atom stereocenters. The Kier molecular flexibility index (Phi) is 6.35. The lowest BCUT2D eigenvalue weighted by atomic mass is 9.92. The van der Waals surface area contributed by atoms with Crippen LogP contribution in [0.15, 0.2) is 158 Å². The van der Waals surface area contributed by atoms with Crippen molar-refractivity contribution in [2.45, 2.75) is 12.8 Å². The number of aryl methyl sites for hydroxylation is 1. The quantitative estimate of drug-likeness (QED) is 0.201. The van der Waals surface area contributed by atoms with E-state index in [9.17, 15) is 0 Å². The van der Waals surface area contributed by atoms with Gasteiger partial charge in [0, 0.05) is 16.8 Å². The topological polar surface area (TPSA) is 4.93 Å². The number of allylic oxidation sites excluding steroid dienone is 1. The first-order valence-corrected chi connectivity index (χ1v) is 15.1. The molecule has 0 saturated carbocycles. The van der Waals surface area contributed by atoms with Gasteiger partial charge in [-0.25, -0.2) is 0 Å². The van der Waals surface area contributed by atoms with Crippen LogP contribution >= 0.6 is 0 Å². The lowest BCUT2D eigenvalue weighted by Gasteiger charge is -2.14. The van der Waals surface area contributed by atoms with E-state index >= 15 is 0 Å². The summed E-state index contributed by atoms with van der Waals surface area (Å²) in [6.07, 6.45) is 6.80. The molecule has 0 aliphatic heterocycles. The number of hydrogen-bond donors (Lipinski definition) is 0. The SMILES string of the molecule is C1=Cc2c(c3ccccc3n2-c2ccc(-c3cc(-c4ccccc4)cc(-c4cccc(-c5ccccc5)c4)c3)cc2)CC1. The number of hydrogen-bond acceptors (Lipinski definition) is 0. The second kappa shape index (κ2) is 10.8. The maximum absolute atomic E-state index is 2.42. The smallest absolute Gasteiger partial charge is 0.0537 e. The second-order valence-electron chi connectivity index (χ2n) is 11.3. The summed E-state index contributed by atoms with van der Waals surface area (Å²) in [5, 5.41) is 1.36. The minimum absolute atomic E-state index is 1.10. The van der Waals surface area contributed by atoms with Gasteiger partial charge in [-0.05, 0) is 111 Å². The van der Waals surface area contributed by atoms with Crippen LogP contribution in [0, 0.1) is 0 Å². The summed E-state index contributed by atoms with van der Waals surface area (Å²) in [6, 6.07) is 55.1. The molecule has 1 heterocycles. The summed E-state index contributed by atoms with van der Waals surface area (Å²) < 4.78 is 2.42. The number of aromatic nitrogens is 1. The van der Waals surface area contributed by atoms with Crippen molar-refractivity contribution in [3.63, 3.8) is 0 Å². The van der Waals surface area contributed by atoms with E-state index in [0.717, 1.165) is 12.8 Å². The Morgan fingerprint density at radius 1 is 0.419 bits per heavy atom. The Labute approximate surface area is 253 Å². The van der Waals surface area contributed by atoms with E-state index < -0.39 is 0 Å². The number of benzene rings is 6. The molecular weight excluding hydrogens is 518 g/mol. The van der Waals surface area contributed by atoms with E-state index in [-0.39, 0.29) is 0 Å². The van der Waals surface area contributed by atoms with Crippen LogP contribution in [0.25, 0.3) is 67.2 Å². The molecule has 1 nitrogen and oxygen atoms in total. The molecule has 1 heteroatoms. The highest BCUT2D eigenvalue weighted by molar-refractivity contribution is 5.91. The summed E-state index contributed by atoms with van der Waals surface area (Å²) in [5.41, 5.74) is 15.0. The summed E-state index contributed by atoms with van der Waals surface area (Å²) in [4.78, 5) is 0. The maximum Gasteiger partial charge on any atom is 0.0537 e. The Bertz CT molecular complexity index is 2100. The molecule has 7 aromatic rings. The summed E-state index contributed by atoms with van der Waals surface area (Å²) in [7, 11) is 0. The molecule has 0 radical (unpaired) electrons. The van der Waals surface area contributed by atoms with Crippen LogP contribution in [0.3, 0.4) is 0 Å². The normalized spacial score (nSPS) is 12.4. The van der Waals surface area contributed by atoms with Crippen molar-refractivity contribution in [1.82, 2.24) is 4.57 Å². The van der Waals surface area contributed by atoms with Crippen molar-refractivity contribution in [2.75, 3.05) is 0 Å². The van der Waals surface area contributed by atoms with Crippen molar-refractivity contribution in [3.8, 4) is 50.2 Å².